The normalized spacial score (nSPS) is 10.7. The number of carbonyl (C=O) groups excluding carboxylic acids is 2. The molecule has 0 bridgehead atoms. The van der Waals surface area contributed by atoms with Crippen LogP contribution >= 0.6 is 7.82 Å². The molecular formula is C28H48KO8P. The van der Waals surface area contributed by atoms with Gasteiger partial charge in [-0.1, -0.05) is 104 Å². The number of rotatable bonds is 20. The molecule has 38 heavy (non-hydrogen) atoms. The topological polar surface area (TPSA) is 133 Å². The minimum Gasteiger partial charge on any atom is -0.756 e. The van der Waals surface area contributed by atoms with Gasteiger partial charge in [-0.3, -0.25) is 9.36 Å². The molecule has 0 fully saturated rings. The van der Waals surface area contributed by atoms with E-state index in [2.05, 4.69) is 6.92 Å². The predicted octanol–water partition coefficient (Wildman–Crippen LogP) is 3.86. The molecule has 0 atom stereocenters. The van der Waals surface area contributed by atoms with Crippen LogP contribution in [0.25, 0.3) is 0 Å². The molecule has 0 aliphatic rings. The fraction of sp³-hybridized carbons (Fsp3) is 0.714. The first-order valence-electron chi connectivity index (χ1n) is 13.9. The molecule has 8 nitrogen and oxygen atoms in total. The van der Waals surface area contributed by atoms with Gasteiger partial charge in [0.05, 0.1) is 12.2 Å². The van der Waals surface area contributed by atoms with Crippen LogP contribution in [0.3, 0.4) is 0 Å². The van der Waals surface area contributed by atoms with Crippen LogP contribution in [-0.2, 0) is 14.1 Å². The van der Waals surface area contributed by atoms with Crippen molar-refractivity contribution in [3.05, 3.63) is 29.8 Å². The molecular weight excluding hydrogens is 534 g/mol. The maximum absolute atomic E-state index is 12.0. The fourth-order valence-electron chi connectivity index (χ4n) is 3.76. The maximum atomic E-state index is 12.0. The van der Waals surface area contributed by atoms with Gasteiger partial charge in [0, 0.05) is 6.42 Å². The van der Waals surface area contributed by atoms with Gasteiger partial charge in [-0.25, -0.2) is 4.79 Å². The first-order valence-corrected chi connectivity index (χ1v) is 15.4. The summed E-state index contributed by atoms with van der Waals surface area (Å²) in [6, 6.07) is 6.56. The van der Waals surface area contributed by atoms with Gasteiger partial charge in [-0.15, -0.1) is 0 Å². The van der Waals surface area contributed by atoms with Crippen LogP contribution in [0.2, 0.25) is 0 Å². The van der Waals surface area contributed by atoms with E-state index in [1.54, 1.807) is 24.3 Å². The Labute approximate surface area is 272 Å². The predicted molar refractivity (Wildman–Crippen MR) is 144 cm³/mol. The van der Waals surface area contributed by atoms with Crippen molar-refractivity contribution < 1.29 is 89.7 Å². The van der Waals surface area contributed by atoms with Crippen LogP contribution < -0.4 is 61.0 Å². The monoisotopic (exact) mass is 582 g/mol. The van der Waals surface area contributed by atoms with Crippen molar-refractivity contribution in [3.63, 3.8) is 0 Å². The molecule has 1 rings (SSSR count). The standard InChI is InChI=1S/C28H46O4.K.H3O4P/c1-3-5-6-7-8-9-10-11-12-13-14-15-16-17-18-19-27(29)32-26-22-20-25(21-23-26)28(30)31-24-4-2;;1-5(2,3)4/h20-23H,3-19,24H2,1-2H3;;(H3,1,2,3,4)/q;+1;/p-1. The quantitative estimate of drug-likeness (QED) is 0.0779. The van der Waals surface area contributed by atoms with Gasteiger partial charge in [-0.2, -0.15) is 0 Å². The fourth-order valence-corrected chi connectivity index (χ4v) is 3.76. The van der Waals surface area contributed by atoms with E-state index in [1.807, 2.05) is 6.92 Å². The molecule has 10 heteroatoms. The van der Waals surface area contributed by atoms with Crippen molar-refractivity contribution >= 4 is 19.8 Å². The van der Waals surface area contributed by atoms with Crippen molar-refractivity contribution in [1.29, 1.82) is 0 Å². The van der Waals surface area contributed by atoms with E-state index < -0.39 is 7.82 Å². The summed E-state index contributed by atoms with van der Waals surface area (Å²) in [5.74, 6) is -0.0773. The van der Waals surface area contributed by atoms with Gasteiger partial charge in [-0.05, 0) is 37.1 Å². The molecule has 0 unspecified atom stereocenters. The molecule has 214 valence electrons. The second-order valence-corrected chi connectivity index (χ2v) is 10.3. The van der Waals surface area contributed by atoms with Gasteiger partial charge in [0.15, 0.2) is 0 Å². The van der Waals surface area contributed by atoms with Gasteiger partial charge >= 0.3 is 63.3 Å². The van der Waals surface area contributed by atoms with Crippen LogP contribution in [0, 0.1) is 0 Å². The van der Waals surface area contributed by atoms with Crippen LogP contribution in [0.4, 0.5) is 0 Å². The summed E-state index contributed by atoms with van der Waals surface area (Å²) in [5, 5.41) is 0. The molecule has 0 spiro atoms. The number of hydrogen-bond acceptors (Lipinski definition) is 6. The van der Waals surface area contributed by atoms with Crippen LogP contribution in [-0.4, -0.2) is 28.3 Å². The van der Waals surface area contributed by atoms with E-state index in [-0.39, 0.29) is 63.3 Å². The number of phosphoric acid groups is 1. The molecule has 0 heterocycles. The average Bonchev–Trinajstić information content (AvgIpc) is 2.84. The maximum Gasteiger partial charge on any atom is 1.00 e. The number of carbonyl (C=O) groups is 2. The van der Waals surface area contributed by atoms with Crippen molar-refractivity contribution in [2.24, 2.45) is 0 Å². The minimum absolute atomic E-state index is 0. The Balaban J connectivity index is 0. The zero-order valence-electron chi connectivity index (χ0n) is 23.8. The van der Waals surface area contributed by atoms with Gasteiger partial charge < -0.3 is 24.2 Å². The van der Waals surface area contributed by atoms with E-state index in [0.717, 1.165) is 19.3 Å². The summed E-state index contributed by atoms with van der Waals surface area (Å²) in [5.41, 5.74) is 0.473. The Bertz CT molecular complexity index is 743. The molecule has 2 N–H and O–H groups in total. The largest absolute Gasteiger partial charge is 1.00 e. The molecule has 1 aromatic rings. The SMILES string of the molecule is CCCCCCCCCCCCCCCCCC(=O)Oc1ccc(C(=O)OCCC)cc1.O=P([O-])(O)O.[K+]. The first kappa shape index (κ1) is 40.0. The Morgan fingerprint density at radius 2 is 1.13 bits per heavy atom. The van der Waals surface area contributed by atoms with E-state index >= 15 is 0 Å². The second kappa shape index (κ2) is 27.1. The summed E-state index contributed by atoms with van der Waals surface area (Å²) >= 11 is 0. The van der Waals surface area contributed by atoms with Crippen molar-refractivity contribution in [2.75, 3.05) is 6.61 Å². The van der Waals surface area contributed by atoms with Crippen molar-refractivity contribution in [1.82, 2.24) is 0 Å². The molecule has 0 aromatic heterocycles. The van der Waals surface area contributed by atoms with Crippen molar-refractivity contribution in [3.8, 4) is 5.75 Å². The van der Waals surface area contributed by atoms with E-state index in [1.165, 1.54) is 83.5 Å². The third-order valence-corrected chi connectivity index (χ3v) is 5.74. The molecule has 0 aliphatic heterocycles. The molecule has 0 saturated carbocycles. The Hall–Kier alpha value is -0.0936. The van der Waals surface area contributed by atoms with E-state index in [0.29, 0.717) is 24.3 Å². The summed E-state index contributed by atoms with van der Waals surface area (Å²) in [6.07, 6.45) is 20.9. The molecule has 0 saturated heterocycles. The average molecular weight is 583 g/mol. The zero-order chi connectivity index (χ0) is 27.8. The van der Waals surface area contributed by atoms with Gasteiger partial charge in [0.25, 0.3) is 7.82 Å². The zero-order valence-corrected chi connectivity index (χ0v) is 27.8. The Morgan fingerprint density at radius 3 is 1.53 bits per heavy atom. The third-order valence-electron chi connectivity index (χ3n) is 5.74. The first-order chi connectivity index (χ1) is 17.7. The Morgan fingerprint density at radius 1 is 0.737 bits per heavy atom. The van der Waals surface area contributed by atoms with E-state index in [9.17, 15) is 9.59 Å². The summed E-state index contributed by atoms with van der Waals surface area (Å²) < 4.78 is 19.2. The van der Waals surface area contributed by atoms with Crippen LogP contribution in [0.15, 0.2) is 24.3 Å². The van der Waals surface area contributed by atoms with Crippen molar-refractivity contribution in [2.45, 2.75) is 123 Å². The van der Waals surface area contributed by atoms with Gasteiger partial charge in [0.2, 0.25) is 0 Å². The number of ether oxygens (including phenoxy) is 2. The second-order valence-electron chi connectivity index (χ2n) is 9.32. The number of esters is 2. The summed E-state index contributed by atoms with van der Waals surface area (Å²) in [4.78, 5) is 46.7. The number of benzene rings is 1. The summed E-state index contributed by atoms with van der Waals surface area (Å²) in [7, 11) is -4.89. The Kier molecular flexibility index (Phi) is 28.6. The molecule has 0 radical (unpaired) electrons. The number of hydrogen-bond donors (Lipinski definition) is 2. The summed E-state index contributed by atoms with van der Waals surface area (Å²) in [6.45, 7) is 4.63. The van der Waals surface area contributed by atoms with Gasteiger partial charge in [0.1, 0.15) is 5.75 Å². The minimum atomic E-state index is -4.89. The van der Waals surface area contributed by atoms with Crippen LogP contribution in [0.5, 0.6) is 5.75 Å². The third kappa shape index (κ3) is 28.9. The molecule has 0 aliphatic carbocycles. The molecule has 0 amide bonds. The van der Waals surface area contributed by atoms with Crippen LogP contribution in [0.1, 0.15) is 133 Å². The molecule has 1 aromatic carbocycles. The number of unbranched alkanes of at least 4 members (excludes halogenated alkanes) is 14. The smallest absolute Gasteiger partial charge is 0.756 e. The van der Waals surface area contributed by atoms with E-state index in [4.69, 9.17) is 28.7 Å².